The first-order valence-corrected chi connectivity index (χ1v) is 10.3. The van der Waals surface area contributed by atoms with Crippen LogP contribution in [0.1, 0.15) is 17.5 Å². The molecule has 4 rings (SSSR count). The zero-order chi connectivity index (χ0) is 21.5. The van der Waals surface area contributed by atoms with E-state index in [-0.39, 0.29) is 30.6 Å². The Labute approximate surface area is 177 Å². The molecule has 9 heteroatoms. The molecule has 1 saturated heterocycles. The lowest BCUT2D eigenvalue weighted by Gasteiger charge is -2.13. The lowest BCUT2D eigenvalue weighted by molar-refractivity contribution is -0.126. The molecule has 8 nitrogen and oxygen atoms in total. The zero-order valence-electron chi connectivity index (χ0n) is 16.4. The highest BCUT2D eigenvalue weighted by Crippen LogP contribution is 2.33. The summed E-state index contributed by atoms with van der Waals surface area (Å²) in [5.74, 6) is -0.444. The molecular formula is C21H22N4O4S. The van der Waals surface area contributed by atoms with Gasteiger partial charge >= 0.3 is 0 Å². The fraction of sp³-hybridized carbons (Fsp3) is 0.286. The quantitative estimate of drug-likeness (QED) is 0.606. The topological polar surface area (TPSA) is 112 Å². The molecule has 2 N–H and O–H groups in total. The Bertz CT molecular complexity index is 1040. The number of anilines is 1. The second-order valence-corrected chi connectivity index (χ2v) is 7.88. The SMILES string of the molecule is Cc1ccc2nc(N3CC(C(=O)NCCc4ccncc4)CC3=O)sc2c1.O=CO. The maximum absolute atomic E-state index is 12.5. The molecule has 1 unspecified atom stereocenters. The van der Waals surface area contributed by atoms with Crippen LogP contribution in [0.5, 0.6) is 0 Å². The molecule has 0 saturated carbocycles. The van der Waals surface area contributed by atoms with Crippen LogP contribution in [-0.4, -0.2) is 46.5 Å². The van der Waals surface area contributed by atoms with E-state index < -0.39 is 0 Å². The Morgan fingerprint density at radius 3 is 2.80 bits per heavy atom. The molecule has 1 atom stereocenters. The molecule has 0 spiro atoms. The first-order valence-electron chi connectivity index (χ1n) is 9.44. The molecule has 1 aromatic carbocycles. The third kappa shape index (κ3) is 5.18. The number of carbonyl (C=O) groups is 3. The molecule has 156 valence electrons. The number of benzene rings is 1. The highest BCUT2D eigenvalue weighted by Gasteiger charge is 2.36. The van der Waals surface area contributed by atoms with E-state index in [4.69, 9.17) is 9.90 Å². The normalized spacial score (nSPS) is 15.6. The van der Waals surface area contributed by atoms with Crippen molar-refractivity contribution in [1.82, 2.24) is 15.3 Å². The number of rotatable bonds is 5. The molecule has 0 radical (unpaired) electrons. The van der Waals surface area contributed by atoms with Crippen molar-refractivity contribution < 1.29 is 19.5 Å². The van der Waals surface area contributed by atoms with Crippen molar-refractivity contribution in [1.29, 1.82) is 0 Å². The molecule has 1 aliphatic heterocycles. The number of nitrogens with zero attached hydrogens (tertiary/aromatic N) is 3. The van der Waals surface area contributed by atoms with E-state index in [9.17, 15) is 9.59 Å². The summed E-state index contributed by atoms with van der Waals surface area (Å²) in [7, 11) is 0. The fourth-order valence-electron chi connectivity index (χ4n) is 3.23. The van der Waals surface area contributed by atoms with Crippen molar-refractivity contribution in [3.63, 3.8) is 0 Å². The van der Waals surface area contributed by atoms with Crippen LogP contribution in [0.2, 0.25) is 0 Å². The Hall–Kier alpha value is -3.33. The number of aryl methyl sites for hydroxylation is 1. The van der Waals surface area contributed by atoms with Gasteiger partial charge in [-0.2, -0.15) is 0 Å². The van der Waals surface area contributed by atoms with Crippen LogP contribution >= 0.6 is 11.3 Å². The van der Waals surface area contributed by atoms with Gasteiger partial charge in [0.25, 0.3) is 6.47 Å². The summed E-state index contributed by atoms with van der Waals surface area (Å²) in [4.78, 5) is 43.4. The molecule has 0 aliphatic carbocycles. The number of thiazole rings is 1. The number of nitrogens with one attached hydrogen (secondary N) is 1. The number of carboxylic acid groups (broad SMARTS) is 1. The average Bonchev–Trinajstić information content (AvgIpc) is 3.32. The van der Waals surface area contributed by atoms with E-state index in [0.29, 0.717) is 18.2 Å². The van der Waals surface area contributed by atoms with Gasteiger partial charge in [0.1, 0.15) is 0 Å². The van der Waals surface area contributed by atoms with Gasteiger partial charge in [0.05, 0.1) is 16.1 Å². The van der Waals surface area contributed by atoms with Crippen LogP contribution in [0.25, 0.3) is 10.2 Å². The Kier molecular flexibility index (Phi) is 7.08. The summed E-state index contributed by atoms with van der Waals surface area (Å²) in [6.07, 6.45) is 4.46. The Balaban J connectivity index is 0.000000806. The molecule has 30 heavy (non-hydrogen) atoms. The number of hydrogen-bond donors (Lipinski definition) is 2. The largest absolute Gasteiger partial charge is 0.483 e. The molecule has 3 heterocycles. The van der Waals surface area contributed by atoms with Gasteiger partial charge in [-0.05, 0) is 48.7 Å². The van der Waals surface area contributed by atoms with Gasteiger partial charge in [0, 0.05) is 31.9 Å². The van der Waals surface area contributed by atoms with E-state index >= 15 is 0 Å². The van der Waals surface area contributed by atoms with Crippen molar-refractivity contribution in [3.05, 3.63) is 53.9 Å². The number of fused-ring (bicyclic) bond motifs is 1. The third-order valence-corrected chi connectivity index (χ3v) is 5.76. The van der Waals surface area contributed by atoms with Crippen molar-refractivity contribution in [2.75, 3.05) is 18.0 Å². The van der Waals surface area contributed by atoms with Crippen LogP contribution in [0, 0.1) is 12.8 Å². The average molecular weight is 426 g/mol. The molecule has 2 amide bonds. The van der Waals surface area contributed by atoms with Crippen molar-refractivity contribution in [2.24, 2.45) is 5.92 Å². The number of carbonyl (C=O) groups excluding carboxylic acids is 2. The lowest BCUT2D eigenvalue weighted by Crippen LogP contribution is -2.34. The molecule has 0 bridgehead atoms. The van der Waals surface area contributed by atoms with Gasteiger partial charge in [0.2, 0.25) is 11.8 Å². The standard InChI is InChI=1S/C20H20N4O2S.CH2O2/c1-13-2-3-16-17(10-13)27-20(23-16)24-12-15(11-18(24)25)19(26)22-9-6-14-4-7-21-8-5-14;2-1-3/h2-5,7-8,10,15H,6,9,11-12H2,1H3,(H,22,26);1H,(H,2,3). The van der Waals surface area contributed by atoms with Crippen molar-refractivity contribution in [3.8, 4) is 0 Å². The third-order valence-electron chi connectivity index (χ3n) is 4.72. The smallest absolute Gasteiger partial charge is 0.290 e. The van der Waals surface area contributed by atoms with Crippen molar-refractivity contribution >= 4 is 45.0 Å². The van der Waals surface area contributed by atoms with Crippen LogP contribution < -0.4 is 10.2 Å². The highest BCUT2D eigenvalue weighted by atomic mass is 32.1. The minimum atomic E-state index is -0.330. The molecular weight excluding hydrogens is 404 g/mol. The summed E-state index contributed by atoms with van der Waals surface area (Å²) in [6, 6.07) is 9.91. The van der Waals surface area contributed by atoms with Gasteiger partial charge in [-0.3, -0.25) is 24.3 Å². The molecule has 1 fully saturated rings. The Morgan fingerprint density at radius 1 is 1.33 bits per heavy atom. The first kappa shape index (κ1) is 21.4. The van der Waals surface area contributed by atoms with Gasteiger partial charge in [0.15, 0.2) is 5.13 Å². The predicted octanol–water partition coefficient (Wildman–Crippen LogP) is 2.41. The van der Waals surface area contributed by atoms with Gasteiger partial charge in [-0.1, -0.05) is 17.4 Å². The number of hydrogen-bond acceptors (Lipinski definition) is 6. The van der Waals surface area contributed by atoms with E-state index in [1.54, 1.807) is 17.3 Å². The van der Waals surface area contributed by atoms with Crippen LogP contribution in [0.4, 0.5) is 5.13 Å². The van der Waals surface area contributed by atoms with Crippen molar-refractivity contribution in [2.45, 2.75) is 19.8 Å². The van der Waals surface area contributed by atoms with Gasteiger partial charge in [-0.15, -0.1) is 0 Å². The molecule has 2 aromatic heterocycles. The van der Waals surface area contributed by atoms with E-state index in [2.05, 4.69) is 21.4 Å². The lowest BCUT2D eigenvalue weighted by atomic mass is 10.1. The maximum Gasteiger partial charge on any atom is 0.290 e. The highest BCUT2D eigenvalue weighted by molar-refractivity contribution is 7.22. The summed E-state index contributed by atoms with van der Waals surface area (Å²) < 4.78 is 1.06. The zero-order valence-corrected chi connectivity index (χ0v) is 17.3. The summed E-state index contributed by atoms with van der Waals surface area (Å²) in [5, 5.41) is 10.5. The van der Waals surface area contributed by atoms with Crippen LogP contribution in [-0.2, 0) is 20.8 Å². The van der Waals surface area contributed by atoms with E-state index in [0.717, 1.165) is 27.8 Å². The Morgan fingerprint density at radius 2 is 2.07 bits per heavy atom. The number of pyridine rings is 1. The second-order valence-electron chi connectivity index (χ2n) is 6.87. The molecule has 1 aliphatic rings. The molecule has 3 aromatic rings. The maximum atomic E-state index is 12.5. The summed E-state index contributed by atoms with van der Waals surface area (Å²) >= 11 is 1.50. The number of aromatic nitrogens is 2. The van der Waals surface area contributed by atoms with Crippen LogP contribution in [0.15, 0.2) is 42.7 Å². The van der Waals surface area contributed by atoms with Crippen LogP contribution in [0.3, 0.4) is 0 Å². The summed E-state index contributed by atoms with van der Waals surface area (Å²) in [6.45, 7) is 2.72. The second kappa shape index (κ2) is 9.93. The summed E-state index contributed by atoms with van der Waals surface area (Å²) in [5.41, 5.74) is 3.18. The first-order chi connectivity index (χ1) is 14.5. The van der Waals surface area contributed by atoms with Gasteiger partial charge in [-0.25, -0.2) is 4.98 Å². The van der Waals surface area contributed by atoms with E-state index in [1.165, 1.54) is 11.3 Å². The van der Waals surface area contributed by atoms with E-state index in [1.807, 2.05) is 31.2 Å². The predicted molar refractivity (Wildman–Crippen MR) is 114 cm³/mol. The minimum absolute atomic E-state index is 0.0416. The minimum Gasteiger partial charge on any atom is -0.483 e. The van der Waals surface area contributed by atoms with Gasteiger partial charge < -0.3 is 10.4 Å². The monoisotopic (exact) mass is 426 g/mol. The fourth-order valence-corrected chi connectivity index (χ4v) is 4.32. The number of amides is 2.